The fourth-order valence-electron chi connectivity index (χ4n) is 2.41. The number of hydrogen-bond acceptors (Lipinski definition) is 2. The van der Waals surface area contributed by atoms with Gasteiger partial charge in [0.15, 0.2) is 5.78 Å². The van der Waals surface area contributed by atoms with Crippen molar-refractivity contribution in [3.63, 3.8) is 0 Å². The van der Waals surface area contributed by atoms with Crippen LogP contribution in [0.15, 0.2) is 11.4 Å². The Bertz CT molecular complexity index is 639. The maximum Gasteiger partial charge on any atom is 0.194 e. The maximum absolute atomic E-state index is 12.7. The summed E-state index contributed by atoms with van der Waals surface area (Å²) in [6.07, 6.45) is 0. The van der Waals surface area contributed by atoms with Crippen LogP contribution >= 0.6 is 33.9 Å². The van der Waals surface area contributed by atoms with E-state index in [0.29, 0.717) is 0 Å². The van der Waals surface area contributed by atoms with E-state index in [2.05, 4.69) is 57.2 Å². The monoisotopic (exact) mass is 384 g/mol. The normalized spacial score (nSPS) is 10.8. The van der Waals surface area contributed by atoms with E-state index in [1.165, 1.54) is 16.7 Å². The molecule has 2 rings (SSSR count). The van der Waals surface area contributed by atoms with Crippen molar-refractivity contribution in [2.75, 3.05) is 0 Å². The minimum absolute atomic E-state index is 0.153. The number of benzene rings is 1. The third-order valence-electron chi connectivity index (χ3n) is 4.06. The first-order valence-electron chi connectivity index (χ1n) is 6.20. The van der Waals surface area contributed by atoms with E-state index in [9.17, 15) is 4.79 Å². The van der Waals surface area contributed by atoms with Crippen LogP contribution in [-0.4, -0.2) is 5.78 Å². The van der Waals surface area contributed by atoms with Crippen LogP contribution in [0.3, 0.4) is 0 Å². The second kappa shape index (κ2) is 5.37. The Morgan fingerprint density at radius 1 is 0.947 bits per heavy atom. The SMILES string of the molecule is Cc1c(C)c(C)c(C(=O)c2csc(I)c2)c(C)c1C. The summed E-state index contributed by atoms with van der Waals surface area (Å²) < 4.78 is 1.15. The lowest BCUT2D eigenvalue weighted by Gasteiger charge is -2.17. The first kappa shape index (κ1) is 14.7. The van der Waals surface area contributed by atoms with E-state index in [1.807, 2.05) is 11.4 Å². The Kier molecular flexibility index (Phi) is 4.16. The molecule has 0 amide bonds. The fraction of sp³-hybridized carbons (Fsp3) is 0.312. The van der Waals surface area contributed by atoms with Gasteiger partial charge in [-0.2, -0.15) is 0 Å². The molecule has 1 heterocycles. The van der Waals surface area contributed by atoms with Crippen LogP contribution in [0.1, 0.15) is 43.7 Å². The summed E-state index contributed by atoms with van der Waals surface area (Å²) in [6, 6.07) is 1.97. The van der Waals surface area contributed by atoms with Gasteiger partial charge in [0.2, 0.25) is 0 Å². The van der Waals surface area contributed by atoms with Crippen LogP contribution in [0.5, 0.6) is 0 Å². The Morgan fingerprint density at radius 2 is 1.42 bits per heavy atom. The predicted octanol–water partition coefficient (Wildman–Crippen LogP) is 5.13. The van der Waals surface area contributed by atoms with Crippen molar-refractivity contribution >= 4 is 39.7 Å². The first-order valence-corrected chi connectivity index (χ1v) is 8.16. The molecule has 0 aliphatic rings. The molecule has 0 spiro atoms. The predicted molar refractivity (Wildman–Crippen MR) is 90.6 cm³/mol. The molecule has 0 aliphatic carbocycles. The molecule has 1 nitrogen and oxygen atoms in total. The van der Waals surface area contributed by atoms with Gasteiger partial charge in [0.1, 0.15) is 0 Å². The molecule has 0 aliphatic heterocycles. The molecule has 0 bridgehead atoms. The number of halogens is 1. The summed E-state index contributed by atoms with van der Waals surface area (Å²) >= 11 is 3.87. The highest BCUT2D eigenvalue weighted by Gasteiger charge is 2.20. The summed E-state index contributed by atoms with van der Waals surface area (Å²) in [5, 5.41) is 1.95. The van der Waals surface area contributed by atoms with Crippen molar-refractivity contribution in [3.05, 3.63) is 53.3 Å². The van der Waals surface area contributed by atoms with Crippen molar-refractivity contribution in [2.45, 2.75) is 34.6 Å². The molecule has 2 aromatic rings. The second-order valence-electron chi connectivity index (χ2n) is 4.97. The fourth-order valence-corrected chi connectivity index (χ4v) is 3.74. The van der Waals surface area contributed by atoms with Gasteiger partial charge in [0.25, 0.3) is 0 Å². The summed E-state index contributed by atoms with van der Waals surface area (Å²) in [5.41, 5.74) is 7.69. The standard InChI is InChI=1S/C16H17IOS/c1-8-9(2)11(4)15(12(5)10(8)3)16(18)13-6-14(17)19-7-13/h6-7H,1-5H3. The average molecular weight is 384 g/mol. The summed E-state index contributed by atoms with van der Waals surface area (Å²) in [4.78, 5) is 12.7. The van der Waals surface area contributed by atoms with Crippen molar-refractivity contribution in [2.24, 2.45) is 0 Å². The molecule has 100 valence electrons. The number of hydrogen-bond donors (Lipinski definition) is 0. The van der Waals surface area contributed by atoms with Gasteiger partial charge < -0.3 is 0 Å². The van der Waals surface area contributed by atoms with Crippen molar-refractivity contribution in [1.82, 2.24) is 0 Å². The summed E-state index contributed by atoms with van der Waals surface area (Å²) in [5.74, 6) is 0.153. The minimum atomic E-state index is 0.153. The zero-order valence-electron chi connectivity index (χ0n) is 11.8. The summed E-state index contributed by atoms with van der Waals surface area (Å²) in [6.45, 7) is 10.4. The lowest BCUT2D eigenvalue weighted by atomic mass is 9.86. The molecule has 0 atom stereocenters. The lowest BCUT2D eigenvalue weighted by molar-refractivity contribution is 0.103. The van der Waals surface area contributed by atoms with Crippen LogP contribution < -0.4 is 0 Å². The Balaban J connectivity index is 2.66. The van der Waals surface area contributed by atoms with Crippen LogP contribution in [0, 0.1) is 37.5 Å². The molecule has 1 aromatic heterocycles. The largest absolute Gasteiger partial charge is 0.289 e. The van der Waals surface area contributed by atoms with Crippen LogP contribution in [-0.2, 0) is 0 Å². The van der Waals surface area contributed by atoms with E-state index >= 15 is 0 Å². The van der Waals surface area contributed by atoms with Gasteiger partial charge in [-0.1, -0.05) is 0 Å². The second-order valence-corrected chi connectivity index (χ2v) is 7.77. The Labute approximate surface area is 132 Å². The number of thiophene rings is 1. The topological polar surface area (TPSA) is 17.1 Å². The van der Waals surface area contributed by atoms with E-state index in [-0.39, 0.29) is 5.78 Å². The molecular weight excluding hydrogens is 367 g/mol. The Hall–Kier alpha value is -0.680. The van der Waals surface area contributed by atoms with E-state index in [1.54, 1.807) is 11.3 Å². The quantitative estimate of drug-likeness (QED) is 0.519. The third kappa shape index (κ3) is 2.50. The van der Waals surface area contributed by atoms with Gasteiger partial charge in [-0.3, -0.25) is 4.79 Å². The average Bonchev–Trinajstić information content (AvgIpc) is 2.81. The highest BCUT2D eigenvalue weighted by molar-refractivity contribution is 14.1. The van der Waals surface area contributed by atoms with E-state index in [0.717, 1.165) is 25.1 Å². The van der Waals surface area contributed by atoms with Crippen LogP contribution in [0.25, 0.3) is 0 Å². The van der Waals surface area contributed by atoms with Crippen molar-refractivity contribution in [3.8, 4) is 0 Å². The maximum atomic E-state index is 12.7. The third-order valence-corrected chi connectivity index (χ3v) is 5.85. The summed E-state index contributed by atoms with van der Waals surface area (Å²) in [7, 11) is 0. The van der Waals surface area contributed by atoms with Gasteiger partial charge in [-0.25, -0.2) is 0 Å². The van der Waals surface area contributed by atoms with E-state index in [4.69, 9.17) is 0 Å². The molecule has 0 fully saturated rings. The molecule has 0 N–H and O–H groups in total. The highest BCUT2D eigenvalue weighted by atomic mass is 127. The molecular formula is C16H17IOS. The molecule has 0 radical (unpaired) electrons. The van der Waals surface area contributed by atoms with Crippen LogP contribution in [0.2, 0.25) is 0 Å². The number of ketones is 1. The highest BCUT2D eigenvalue weighted by Crippen LogP contribution is 2.29. The van der Waals surface area contributed by atoms with Gasteiger partial charge in [0, 0.05) is 16.5 Å². The van der Waals surface area contributed by atoms with E-state index < -0.39 is 0 Å². The molecule has 3 heteroatoms. The number of carbonyl (C=O) groups is 1. The van der Waals surface area contributed by atoms with Crippen molar-refractivity contribution < 1.29 is 4.79 Å². The zero-order valence-corrected chi connectivity index (χ0v) is 14.8. The van der Waals surface area contributed by atoms with Gasteiger partial charge in [-0.15, -0.1) is 11.3 Å². The molecule has 19 heavy (non-hydrogen) atoms. The Morgan fingerprint density at radius 3 is 1.84 bits per heavy atom. The lowest BCUT2D eigenvalue weighted by Crippen LogP contribution is -2.10. The first-order chi connectivity index (χ1) is 8.84. The molecule has 1 aromatic carbocycles. The van der Waals surface area contributed by atoms with Crippen molar-refractivity contribution in [1.29, 1.82) is 0 Å². The van der Waals surface area contributed by atoms with Crippen LogP contribution in [0.4, 0.5) is 0 Å². The molecule has 0 saturated heterocycles. The number of carbonyl (C=O) groups excluding carboxylic acids is 1. The van der Waals surface area contributed by atoms with Gasteiger partial charge >= 0.3 is 0 Å². The zero-order chi connectivity index (χ0) is 14.3. The minimum Gasteiger partial charge on any atom is -0.289 e. The van der Waals surface area contributed by atoms with Gasteiger partial charge in [0.05, 0.1) is 2.88 Å². The molecule has 0 unspecified atom stereocenters. The number of rotatable bonds is 2. The smallest absolute Gasteiger partial charge is 0.194 e. The molecule has 0 saturated carbocycles. The van der Waals surface area contributed by atoms with Gasteiger partial charge in [-0.05, 0) is 91.1 Å².